The van der Waals surface area contributed by atoms with Gasteiger partial charge in [-0.25, -0.2) is 4.79 Å². The van der Waals surface area contributed by atoms with Crippen molar-refractivity contribution in [3.05, 3.63) is 29.8 Å². The van der Waals surface area contributed by atoms with Gasteiger partial charge in [-0.2, -0.15) is 0 Å². The van der Waals surface area contributed by atoms with E-state index in [1.165, 1.54) is 0 Å². The first kappa shape index (κ1) is 18.5. The van der Waals surface area contributed by atoms with Crippen molar-refractivity contribution in [3.8, 4) is 0 Å². The Hall–Kier alpha value is -1.59. The van der Waals surface area contributed by atoms with Crippen molar-refractivity contribution in [2.24, 2.45) is 5.92 Å². The third-order valence-corrected chi connectivity index (χ3v) is 3.39. The molecule has 22 heavy (non-hydrogen) atoms. The number of hydrogen-bond acceptors (Lipinski definition) is 3. The van der Waals surface area contributed by atoms with E-state index in [0.717, 1.165) is 11.3 Å². The molecule has 0 spiro atoms. The van der Waals surface area contributed by atoms with Crippen LogP contribution < -0.4 is 10.6 Å². The minimum Gasteiger partial charge on any atom is -0.379 e. The van der Waals surface area contributed by atoms with E-state index in [1.54, 1.807) is 0 Å². The van der Waals surface area contributed by atoms with Crippen LogP contribution in [0.3, 0.4) is 0 Å². The lowest BCUT2D eigenvalue weighted by molar-refractivity contribution is 0.0453. The molecule has 1 unspecified atom stereocenters. The fraction of sp³-hybridized carbons (Fsp3) is 0.588. The molecule has 124 valence electrons. The van der Waals surface area contributed by atoms with Crippen LogP contribution in [0.4, 0.5) is 10.5 Å². The maximum atomic E-state index is 11.9. The number of carbonyl (C=O) groups excluding carboxylic acids is 1. The Bertz CT molecular complexity index is 449. The topological polar surface area (TPSA) is 59.6 Å². The van der Waals surface area contributed by atoms with Crippen LogP contribution in [0.5, 0.6) is 0 Å². The summed E-state index contributed by atoms with van der Waals surface area (Å²) in [7, 11) is 0. The molecule has 0 saturated carbocycles. The molecule has 5 nitrogen and oxygen atoms in total. The van der Waals surface area contributed by atoms with Crippen molar-refractivity contribution in [1.29, 1.82) is 0 Å². The van der Waals surface area contributed by atoms with Gasteiger partial charge < -0.3 is 20.1 Å². The van der Waals surface area contributed by atoms with Gasteiger partial charge in [-0.3, -0.25) is 0 Å². The Kier molecular flexibility index (Phi) is 8.55. The third kappa shape index (κ3) is 7.43. The molecule has 2 amide bonds. The van der Waals surface area contributed by atoms with Gasteiger partial charge in [-0.05, 0) is 37.5 Å². The van der Waals surface area contributed by atoms with Gasteiger partial charge in [0.05, 0.1) is 19.8 Å². The van der Waals surface area contributed by atoms with Gasteiger partial charge in [0.15, 0.2) is 0 Å². The Labute approximate surface area is 133 Å². The van der Waals surface area contributed by atoms with Crippen molar-refractivity contribution in [2.45, 2.75) is 40.3 Å². The molecule has 0 aromatic heterocycles. The predicted octanol–water partition coefficient (Wildman–Crippen LogP) is 3.41. The molecule has 1 aromatic carbocycles. The molecule has 1 aromatic rings. The van der Waals surface area contributed by atoms with Gasteiger partial charge in [0.2, 0.25) is 0 Å². The van der Waals surface area contributed by atoms with Crippen molar-refractivity contribution < 1.29 is 14.3 Å². The molecule has 0 aliphatic heterocycles. The molecule has 0 heterocycles. The van der Waals surface area contributed by atoms with E-state index in [1.807, 2.05) is 38.1 Å². The SMILES string of the molecule is CCOCCOCc1cccc(NC(=O)NC(C)C(C)C)c1. The summed E-state index contributed by atoms with van der Waals surface area (Å²) in [5.74, 6) is 0.399. The number of amides is 2. The van der Waals surface area contributed by atoms with E-state index in [9.17, 15) is 4.79 Å². The Morgan fingerprint density at radius 3 is 2.59 bits per heavy atom. The second kappa shape index (κ2) is 10.2. The molecular formula is C17H28N2O3. The van der Waals surface area contributed by atoms with Crippen LogP contribution in [0, 0.1) is 5.92 Å². The number of benzene rings is 1. The summed E-state index contributed by atoms with van der Waals surface area (Å²) in [6.07, 6.45) is 0. The summed E-state index contributed by atoms with van der Waals surface area (Å²) in [5.41, 5.74) is 1.78. The summed E-state index contributed by atoms with van der Waals surface area (Å²) < 4.78 is 10.7. The van der Waals surface area contributed by atoms with Gasteiger partial charge in [-0.15, -0.1) is 0 Å². The normalized spacial score (nSPS) is 12.2. The predicted molar refractivity (Wildman–Crippen MR) is 89.0 cm³/mol. The number of hydrogen-bond donors (Lipinski definition) is 2. The maximum absolute atomic E-state index is 11.9. The van der Waals surface area contributed by atoms with Crippen LogP contribution >= 0.6 is 0 Å². The quantitative estimate of drug-likeness (QED) is 0.687. The molecule has 0 radical (unpaired) electrons. The lowest BCUT2D eigenvalue weighted by Crippen LogP contribution is -2.39. The lowest BCUT2D eigenvalue weighted by Gasteiger charge is -2.18. The van der Waals surface area contributed by atoms with Crippen molar-refractivity contribution in [3.63, 3.8) is 0 Å². The Balaban J connectivity index is 2.41. The van der Waals surface area contributed by atoms with Crippen LogP contribution in [0.25, 0.3) is 0 Å². The number of nitrogens with one attached hydrogen (secondary N) is 2. The van der Waals surface area contributed by atoms with Gasteiger partial charge >= 0.3 is 6.03 Å². The first-order valence-corrected chi connectivity index (χ1v) is 7.84. The molecule has 0 aliphatic carbocycles. The van der Waals surface area contributed by atoms with E-state index in [4.69, 9.17) is 9.47 Å². The number of urea groups is 1. The molecule has 0 saturated heterocycles. The van der Waals surface area contributed by atoms with Crippen LogP contribution in [-0.2, 0) is 16.1 Å². The second-order valence-electron chi connectivity index (χ2n) is 5.58. The molecule has 2 N–H and O–H groups in total. The zero-order chi connectivity index (χ0) is 16.4. The highest BCUT2D eigenvalue weighted by molar-refractivity contribution is 5.89. The summed E-state index contributed by atoms with van der Waals surface area (Å²) >= 11 is 0. The number of anilines is 1. The monoisotopic (exact) mass is 308 g/mol. The van der Waals surface area contributed by atoms with E-state index in [2.05, 4.69) is 24.5 Å². The van der Waals surface area contributed by atoms with Gasteiger partial charge in [0.25, 0.3) is 0 Å². The summed E-state index contributed by atoms with van der Waals surface area (Å²) in [6.45, 7) is 10.5. The molecular weight excluding hydrogens is 280 g/mol. The molecule has 1 rings (SSSR count). The summed E-state index contributed by atoms with van der Waals surface area (Å²) in [6, 6.07) is 7.60. The Morgan fingerprint density at radius 1 is 1.18 bits per heavy atom. The van der Waals surface area contributed by atoms with Crippen LogP contribution in [0.1, 0.15) is 33.3 Å². The molecule has 5 heteroatoms. The smallest absolute Gasteiger partial charge is 0.319 e. The molecule has 0 fully saturated rings. The number of ether oxygens (including phenoxy) is 2. The second-order valence-corrected chi connectivity index (χ2v) is 5.58. The zero-order valence-corrected chi connectivity index (χ0v) is 14.0. The summed E-state index contributed by atoms with van der Waals surface area (Å²) in [5, 5.41) is 5.76. The average molecular weight is 308 g/mol. The molecule has 0 bridgehead atoms. The lowest BCUT2D eigenvalue weighted by atomic mass is 10.1. The number of rotatable bonds is 9. The van der Waals surface area contributed by atoms with Crippen LogP contribution in [-0.4, -0.2) is 31.9 Å². The van der Waals surface area contributed by atoms with Crippen molar-refractivity contribution in [1.82, 2.24) is 5.32 Å². The minimum atomic E-state index is -0.185. The fourth-order valence-electron chi connectivity index (χ4n) is 1.73. The van der Waals surface area contributed by atoms with Gasteiger partial charge in [0.1, 0.15) is 0 Å². The highest BCUT2D eigenvalue weighted by Gasteiger charge is 2.10. The van der Waals surface area contributed by atoms with E-state index < -0.39 is 0 Å². The first-order valence-electron chi connectivity index (χ1n) is 7.84. The fourth-order valence-corrected chi connectivity index (χ4v) is 1.73. The summed E-state index contributed by atoms with van der Waals surface area (Å²) in [4.78, 5) is 11.9. The average Bonchev–Trinajstić information content (AvgIpc) is 2.47. The van der Waals surface area contributed by atoms with Crippen molar-refractivity contribution >= 4 is 11.7 Å². The minimum absolute atomic E-state index is 0.130. The van der Waals surface area contributed by atoms with Gasteiger partial charge in [0, 0.05) is 18.3 Å². The standard InChI is InChI=1S/C17H28N2O3/c1-5-21-9-10-22-12-15-7-6-8-16(11-15)19-17(20)18-14(4)13(2)3/h6-8,11,13-14H,5,9-10,12H2,1-4H3,(H2,18,19,20). The van der Waals surface area contributed by atoms with E-state index in [-0.39, 0.29) is 12.1 Å². The highest BCUT2D eigenvalue weighted by Crippen LogP contribution is 2.12. The van der Waals surface area contributed by atoms with E-state index in [0.29, 0.717) is 32.3 Å². The van der Waals surface area contributed by atoms with E-state index >= 15 is 0 Å². The largest absolute Gasteiger partial charge is 0.379 e. The zero-order valence-electron chi connectivity index (χ0n) is 14.0. The first-order chi connectivity index (χ1) is 10.5. The van der Waals surface area contributed by atoms with Crippen LogP contribution in [0.15, 0.2) is 24.3 Å². The third-order valence-electron chi connectivity index (χ3n) is 3.39. The highest BCUT2D eigenvalue weighted by atomic mass is 16.5. The van der Waals surface area contributed by atoms with Crippen LogP contribution in [0.2, 0.25) is 0 Å². The van der Waals surface area contributed by atoms with Gasteiger partial charge in [-0.1, -0.05) is 26.0 Å². The number of carbonyl (C=O) groups is 1. The van der Waals surface area contributed by atoms with Crippen molar-refractivity contribution in [2.75, 3.05) is 25.1 Å². The molecule has 0 aliphatic rings. The Morgan fingerprint density at radius 2 is 1.91 bits per heavy atom. The molecule has 1 atom stereocenters. The maximum Gasteiger partial charge on any atom is 0.319 e.